The minimum absolute atomic E-state index is 0.108. The second kappa shape index (κ2) is 3.86. The number of carbonyl (C=O) groups excluding carboxylic acids is 1. The summed E-state index contributed by atoms with van der Waals surface area (Å²) in [5, 5.41) is 3.17. The molecule has 0 aromatic carbocycles. The summed E-state index contributed by atoms with van der Waals surface area (Å²) in [6, 6.07) is 4.30. The molecule has 2 fully saturated rings. The predicted molar refractivity (Wildman–Crippen MR) is 64.9 cm³/mol. The molecular formula is C12H16N2OS. The lowest BCUT2D eigenvalue weighted by molar-refractivity contribution is 0.0928. The highest BCUT2D eigenvalue weighted by Crippen LogP contribution is 2.28. The maximum Gasteiger partial charge on any atom is 0.261 e. The maximum atomic E-state index is 12.0. The van der Waals surface area contributed by atoms with E-state index >= 15 is 0 Å². The summed E-state index contributed by atoms with van der Waals surface area (Å²) in [5.74, 6) is 0.793. The molecule has 2 unspecified atom stereocenters. The molecule has 3 heterocycles. The maximum absolute atomic E-state index is 12.0. The molecule has 0 radical (unpaired) electrons. The fraction of sp³-hybridized carbons (Fsp3) is 0.583. The number of hydrogen-bond donors (Lipinski definition) is 1. The van der Waals surface area contributed by atoms with Gasteiger partial charge in [0.25, 0.3) is 5.91 Å². The van der Waals surface area contributed by atoms with Crippen LogP contribution in [0.5, 0.6) is 0 Å². The average Bonchev–Trinajstić information content (AvgIpc) is 2.92. The third kappa shape index (κ3) is 1.76. The molecule has 3 atom stereocenters. The summed E-state index contributed by atoms with van der Waals surface area (Å²) in [6.07, 6.45) is 1.24. The Morgan fingerprint density at radius 2 is 2.38 bits per heavy atom. The van der Waals surface area contributed by atoms with E-state index in [1.165, 1.54) is 24.4 Å². The lowest BCUT2D eigenvalue weighted by atomic mass is 10.00. The molecule has 2 aliphatic rings. The molecule has 1 N–H and O–H groups in total. The van der Waals surface area contributed by atoms with Crippen molar-refractivity contribution in [1.29, 1.82) is 0 Å². The summed E-state index contributed by atoms with van der Waals surface area (Å²) in [6.45, 7) is 5.47. The van der Waals surface area contributed by atoms with Gasteiger partial charge < -0.3 is 10.2 Å². The molecule has 4 heteroatoms. The Kier molecular flexibility index (Phi) is 2.48. The van der Waals surface area contributed by atoms with Crippen LogP contribution >= 0.6 is 11.3 Å². The van der Waals surface area contributed by atoms with Crippen LogP contribution in [0.15, 0.2) is 12.1 Å². The second-order valence-electron chi connectivity index (χ2n) is 4.80. The van der Waals surface area contributed by atoms with Crippen LogP contribution in [0.3, 0.4) is 0 Å². The molecule has 0 spiro atoms. The van der Waals surface area contributed by atoms with Crippen molar-refractivity contribution in [2.45, 2.75) is 19.4 Å². The minimum atomic E-state index is 0.108. The molecule has 2 aliphatic heterocycles. The highest BCUT2D eigenvalue weighted by molar-refractivity contribution is 7.13. The molecule has 16 heavy (non-hydrogen) atoms. The number of thiophene rings is 1. The summed E-state index contributed by atoms with van der Waals surface area (Å²) in [7, 11) is 0. The Labute approximate surface area is 99.5 Å². The molecule has 86 valence electrons. The number of piperidine rings is 1. The van der Waals surface area contributed by atoms with Crippen LogP contribution in [-0.2, 0) is 0 Å². The normalized spacial score (nSPS) is 31.9. The highest BCUT2D eigenvalue weighted by Gasteiger charge is 2.38. The van der Waals surface area contributed by atoms with Gasteiger partial charge in [-0.25, -0.2) is 0 Å². The van der Waals surface area contributed by atoms with E-state index in [9.17, 15) is 4.79 Å². The van der Waals surface area contributed by atoms with Crippen LogP contribution in [0.4, 0.5) is 0 Å². The van der Waals surface area contributed by atoms with Crippen LogP contribution in [0, 0.1) is 12.8 Å². The van der Waals surface area contributed by atoms with Gasteiger partial charge in [0, 0.05) is 24.0 Å². The molecule has 1 aromatic rings. The van der Waals surface area contributed by atoms with E-state index in [-0.39, 0.29) is 5.91 Å². The third-order valence-electron chi connectivity index (χ3n) is 3.61. The second-order valence-corrected chi connectivity index (χ2v) is 6.09. The van der Waals surface area contributed by atoms with E-state index < -0.39 is 0 Å². The first-order chi connectivity index (χ1) is 7.72. The molecular weight excluding hydrogens is 220 g/mol. The standard InChI is InChI=1S/C12H16N2OS/c1-8-2-3-11(16-8)12(15)13-10-7-14-5-4-9(10)6-14/h2-3,9-10H,4-7H2,1H3,(H,13,15)/t9-,10?/m0/s1. The zero-order chi connectivity index (χ0) is 11.1. The van der Waals surface area contributed by atoms with Crippen molar-refractivity contribution in [3.63, 3.8) is 0 Å². The van der Waals surface area contributed by atoms with Crippen LogP contribution in [0.25, 0.3) is 0 Å². The van der Waals surface area contributed by atoms with Crippen LogP contribution in [-0.4, -0.2) is 36.5 Å². The van der Waals surface area contributed by atoms with Gasteiger partial charge >= 0.3 is 0 Å². The van der Waals surface area contributed by atoms with Crippen molar-refractivity contribution in [1.82, 2.24) is 10.2 Å². The summed E-state index contributed by atoms with van der Waals surface area (Å²) < 4.78 is 0. The number of fused-ring (bicyclic) bond motifs is 2. The molecule has 0 aliphatic carbocycles. The van der Waals surface area contributed by atoms with Crippen LogP contribution < -0.4 is 5.32 Å². The zero-order valence-electron chi connectivity index (χ0n) is 9.40. The van der Waals surface area contributed by atoms with Gasteiger partial charge in [-0.15, -0.1) is 11.3 Å². The SMILES string of the molecule is Cc1ccc(C(=O)NC2CN3CC[C@H]2C3)s1. The first-order valence-corrected chi connectivity index (χ1v) is 6.63. The number of rotatable bonds is 2. The van der Waals surface area contributed by atoms with Crippen molar-refractivity contribution >= 4 is 17.2 Å². The quantitative estimate of drug-likeness (QED) is 0.844. The monoisotopic (exact) mass is 236 g/mol. The van der Waals surface area contributed by atoms with E-state index in [2.05, 4.69) is 10.2 Å². The third-order valence-corrected chi connectivity index (χ3v) is 4.61. The van der Waals surface area contributed by atoms with Gasteiger partial charge in [-0.2, -0.15) is 0 Å². The smallest absolute Gasteiger partial charge is 0.261 e. The van der Waals surface area contributed by atoms with Gasteiger partial charge in [0.2, 0.25) is 0 Å². The Morgan fingerprint density at radius 1 is 1.50 bits per heavy atom. The van der Waals surface area contributed by atoms with Gasteiger partial charge in [0.05, 0.1) is 4.88 Å². The Balaban J connectivity index is 1.65. The number of carbonyl (C=O) groups is 1. The lowest BCUT2D eigenvalue weighted by Crippen LogP contribution is -2.42. The van der Waals surface area contributed by atoms with Gasteiger partial charge in [0.1, 0.15) is 0 Å². The van der Waals surface area contributed by atoms with E-state index in [1.807, 2.05) is 19.1 Å². The molecule has 1 amide bonds. The molecule has 2 saturated heterocycles. The summed E-state index contributed by atoms with van der Waals surface area (Å²) >= 11 is 1.57. The Hall–Kier alpha value is -0.870. The zero-order valence-corrected chi connectivity index (χ0v) is 10.2. The lowest BCUT2D eigenvalue weighted by Gasteiger charge is -2.22. The van der Waals surface area contributed by atoms with E-state index in [0.717, 1.165) is 11.4 Å². The van der Waals surface area contributed by atoms with Crippen molar-refractivity contribution in [2.24, 2.45) is 5.92 Å². The average molecular weight is 236 g/mol. The van der Waals surface area contributed by atoms with Gasteiger partial charge in [-0.05, 0) is 37.9 Å². The number of aryl methyl sites for hydroxylation is 1. The first-order valence-electron chi connectivity index (χ1n) is 5.82. The number of nitrogens with zero attached hydrogens (tertiary/aromatic N) is 1. The predicted octanol–water partition coefficient (Wildman–Crippen LogP) is 1.49. The van der Waals surface area contributed by atoms with E-state index in [0.29, 0.717) is 12.0 Å². The van der Waals surface area contributed by atoms with Crippen molar-refractivity contribution in [2.75, 3.05) is 19.6 Å². The Bertz CT molecular complexity index is 415. The van der Waals surface area contributed by atoms with Crippen molar-refractivity contribution in [3.05, 3.63) is 21.9 Å². The van der Waals surface area contributed by atoms with Crippen LogP contribution in [0.2, 0.25) is 0 Å². The largest absolute Gasteiger partial charge is 0.347 e. The number of nitrogens with one attached hydrogen (secondary N) is 1. The fourth-order valence-electron chi connectivity index (χ4n) is 2.74. The molecule has 1 aromatic heterocycles. The highest BCUT2D eigenvalue weighted by atomic mass is 32.1. The summed E-state index contributed by atoms with van der Waals surface area (Å²) in [5.41, 5.74) is 0. The number of hydrogen-bond acceptors (Lipinski definition) is 3. The van der Waals surface area contributed by atoms with Crippen molar-refractivity contribution < 1.29 is 4.79 Å². The van der Waals surface area contributed by atoms with Gasteiger partial charge in [-0.3, -0.25) is 4.79 Å². The topological polar surface area (TPSA) is 32.3 Å². The molecule has 3 nitrogen and oxygen atoms in total. The molecule has 3 rings (SSSR count). The molecule has 2 bridgehead atoms. The first kappa shape index (κ1) is 10.3. The van der Waals surface area contributed by atoms with Gasteiger partial charge in [0.15, 0.2) is 0 Å². The van der Waals surface area contributed by atoms with Crippen LogP contribution in [0.1, 0.15) is 21.0 Å². The minimum Gasteiger partial charge on any atom is -0.347 e. The summed E-state index contributed by atoms with van der Waals surface area (Å²) in [4.78, 5) is 16.4. The Morgan fingerprint density at radius 3 is 2.94 bits per heavy atom. The van der Waals surface area contributed by atoms with Gasteiger partial charge in [-0.1, -0.05) is 0 Å². The van der Waals surface area contributed by atoms with E-state index in [4.69, 9.17) is 0 Å². The molecule has 0 saturated carbocycles. The fourth-order valence-corrected chi connectivity index (χ4v) is 3.51. The van der Waals surface area contributed by atoms with E-state index in [1.54, 1.807) is 11.3 Å². The number of amides is 1. The van der Waals surface area contributed by atoms with Crippen molar-refractivity contribution in [3.8, 4) is 0 Å².